The first kappa shape index (κ1) is 17.2. The van der Waals surface area contributed by atoms with Crippen molar-refractivity contribution in [3.8, 4) is 0 Å². The van der Waals surface area contributed by atoms with Gasteiger partial charge in [0.05, 0.1) is 13.2 Å². The molecule has 0 saturated heterocycles. The fraction of sp³-hybridized carbons (Fsp3) is 0.312. The van der Waals surface area contributed by atoms with E-state index in [1.165, 1.54) is 11.6 Å². The van der Waals surface area contributed by atoms with Gasteiger partial charge >= 0.3 is 5.69 Å². The van der Waals surface area contributed by atoms with Gasteiger partial charge in [-0.1, -0.05) is 23.7 Å². The Balaban J connectivity index is 2.24. The number of anilines is 1. The lowest BCUT2D eigenvalue weighted by molar-refractivity contribution is 0.310. The largest absolute Gasteiger partial charge is 0.395 e. The summed E-state index contributed by atoms with van der Waals surface area (Å²) in [5.74, 6) is 0.414. The number of aliphatic hydroxyl groups is 1. The maximum Gasteiger partial charge on any atom is 0.332 e. The number of nitrogens with one attached hydrogen (secondary N) is 1. The van der Waals surface area contributed by atoms with Crippen LogP contribution in [0.2, 0.25) is 5.02 Å². The maximum absolute atomic E-state index is 12.6. The first-order chi connectivity index (χ1) is 11.9. The summed E-state index contributed by atoms with van der Waals surface area (Å²) in [6.07, 6.45) is 0. The second-order valence-electron chi connectivity index (χ2n) is 5.68. The zero-order chi connectivity index (χ0) is 18.1. The summed E-state index contributed by atoms with van der Waals surface area (Å²) in [5.41, 5.74) is 0.674. The van der Waals surface area contributed by atoms with E-state index in [4.69, 9.17) is 16.7 Å². The summed E-state index contributed by atoms with van der Waals surface area (Å²) in [6.45, 7) is 0.564. The number of aliphatic hydroxyl groups excluding tert-OH is 1. The van der Waals surface area contributed by atoms with Crippen molar-refractivity contribution in [2.75, 3.05) is 18.5 Å². The third kappa shape index (κ3) is 3.06. The quantitative estimate of drug-likeness (QED) is 0.690. The van der Waals surface area contributed by atoms with Gasteiger partial charge in [0, 0.05) is 25.7 Å². The average Bonchev–Trinajstić information content (AvgIpc) is 2.96. The van der Waals surface area contributed by atoms with Crippen molar-refractivity contribution in [1.29, 1.82) is 0 Å². The van der Waals surface area contributed by atoms with Gasteiger partial charge in [-0.2, -0.15) is 4.98 Å². The summed E-state index contributed by atoms with van der Waals surface area (Å²) in [6, 6.07) is 7.25. The van der Waals surface area contributed by atoms with Gasteiger partial charge in [-0.05, 0) is 17.7 Å². The first-order valence-corrected chi connectivity index (χ1v) is 8.07. The van der Waals surface area contributed by atoms with E-state index in [0.29, 0.717) is 28.7 Å². The van der Waals surface area contributed by atoms with Gasteiger partial charge in [-0.25, -0.2) is 4.79 Å². The number of aryl methyl sites for hydroxylation is 1. The summed E-state index contributed by atoms with van der Waals surface area (Å²) in [7, 11) is 3.00. The number of imidazole rings is 1. The number of hydrogen-bond acceptors (Lipinski definition) is 5. The van der Waals surface area contributed by atoms with E-state index in [1.807, 2.05) is 12.1 Å². The van der Waals surface area contributed by atoms with Crippen LogP contribution in [0.25, 0.3) is 11.2 Å². The number of halogens is 1. The first-order valence-electron chi connectivity index (χ1n) is 7.69. The maximum atomic E-state index is 12.6. The molecule has 3 aromatic rings. The van der Waals surface area contributed by atoms with Crippen LogP contribution in [0, 0.1) is 0 Å². The number of nitrogens with zero attached hydrogens (tertiary/aromatic N) is 4. The zero-order valence-electron chi connectivity index (χ0n) is 13.9. The Kier molecular flexibility index (Phi) is 4.65. The summed E-state index contributed by atoms with van der Waals surface area (Å²) in [4.78, 5) is 29.2. The Hall–Kier alpha value is -2.58. The van der Waals surface area contributed by atoms with Crippen LogP contribution in [-0.4, -0.2) is 36.9 Å². The molecular formula is C16H18ClN5O3. The molecule has 8 nitrogen and oxygen atoms in total. The van der Waals surface area contributed by atoms with E-state index < -0.39 is 11.2 Å². The molecule has 0 amide bonds. The Bertz CT molecular complexity index is 1030. The molecule has 2 heterocycles. The zero-order valence-corrected chi connectivity index (χ0v) is 14.6. The highest BCUT2D eigenvalue weighted by Crippen LogP contribution is 2.18. The molecule has 0 saturated carbocycles. The van der Waals surface area contributed by atoms with Crippen molar-refractivity contribution in [2.24, 2.45) is 14.1 Å². The third-order valence-electron chi connectivity index (χ3n) is 4.00. The van der Waals surface area contributed by atoms with E-state index in [9.17, 15) is 9.59 Å². The second kappa shape index (κ2) is 6.73. The highest BCUT2D eigenvalue weighted by molar-refractivity contribution is 6.30. The molecule has 0 aliphatic heterocycles. The Labute approximate surface area is 147 Å². The molecule has 0 aliphatic rings. The van der Waals surface area contributed by atoms with Gasteiger partial charge in [-0.3, -0.25) is 18.5 Å². The van der Waals surface area contributed by atoms with Crippen LogP contribution in [0.5, 0.6) is 0 Å². The Morgan fingerprint density at radius 3 is 2.48 bits per heavy atom. The van der Waals surface area contributed by atoms with Crippen molar-refractivity contribution < 1.29 is 5.11 Å². The van der Waals surface area contributed by atoms with Crippen molar-refractivity contribution in [1.82, 2.24) is 18.7 Å². The Morgan fingerprint density at radius 2 is 1.84 bits per heavy atom. The van der Waals surface area contributed by atoms with E-state index >= 15 is 0 Å². The standard InChI is InChI=1S/C16H18ClN5O3/c1-20-13-12(14(24)21(2)16(20)25)22(15(19-13)18-7-8-23)9-10-3-5-11(17)6-4-10/h3-6,23H,7-9H2,1-2H3,(H,18,19). The molecule has 132 valence electrons. The van der Waals surface area contributed by atoms with Gasteiger partial charge in [0.15, 0.2) is 11.2 Å². The van der Waals surface area contributed by atoms with Crippen LogP contribution >= 0.6 is 11.6 Å². The molecule has 0 atom stereocenters. The molecule has 0 radical (unpaired) electrons. The highest BCUT2D eigenvalue weighted by Gasteiger charge is 2.19. The van der Waals surface area contributed by atoms with Crippen LogP contribution in [0.1, 0.15) is 5.56 Å². The van der Waals surface area contributed by atoms with Gasteiger partial charge in [0.25, 0.3) is 5.56 Å². The van der Waals surface area contributed by atoms with Crippen molar-refractivity contribution in [3.05, 3.63) is 55.7 Å². The van der Waals surface area contributed by atoms with Crippen LogP contribution in [-0.2, 0) is 20.6 Å². The molecule has 25 heavy (non-hydrogen) atoms. The predicted molar refractivity (Wildman–Crippen MR) is 96.3 cm³/mol. The van der Waals surface area contributed by atoms with E-state index in [-0.39, 0.29) is 13.2 Å². The minimum absolute atomic E-state index is 0.0823. The lowest BCUT2D eigenvalue weighted by atomic mass is 10.2. The molecule has 0 spiro atoms. The molecular weight excluding hydrogens is 346 g/mol. The van der Waals surface area contributed by atoms with Crippen LogP contribution < -0.4 is 16.6 Å². The molecule has 2 N–H and O–H groups in total. The molecule has 2 aromatic heterocycles. The second-order valence-corrected chi connectivity index (χ2v) is 6.11. The lowest BCUT2D eigenvalue weighted by Gasteiger charge is -2.10. The normalized spacial score (nSPS) is 11.2. The van der Waals surface area contributed by atoms with Crippen LogP contribution in [0.15, 0.2) is 33.9 Å². The molecule has 9 heteroatoms. The number of benzene rings is 1. The predicted octanol–water partition coefficient (Wildman–Crippen LogP) is 0.540. The summed E-state index contributed by atoms with van der Waals surface area (Å²) < 4.78 is 4.09. The van der Waals surface area contributed by atoms with Gasteiger partial charge in [0.2, 0.25) is 5.95 Å². The SMILES string of the molecule is Cn1c(=O)c2c(nc(NCCO)n2Cc2ccc(Cl)cc2)n(C)c1=O. The molecule has 1 aromatic carbocycles. The summed E-state index contributed by atoms with van der Waals surface area (Å²) >= 11 is 5.92. The lowest BCUT2D eigenvalue weighted by Crippen LogP contribution is -2.37. The molecule has 0 aliphatic carbocycles. The number of fused-ring (bicyclic) bond motifs is 1. The fourth-order valence-corrected chi connectivity index (χ4v) is 2.80. The van der Waals surface area contributed by atoms with Crippen LogP contribution in [0.3, 0.4) is 0 Å². The minimum Gasteiger partial charge on any atom is -0.395 e. The van der Waals surface area contributed by atoms with E-state index in [0.717, 1.165) is 10.1 Å². The fourth-order valence-electron chi connectivity index (χ4n) is 2.68. The van der Waals surface area contributed by atoms with Gasteiger partial charge in [0.1, 0.15) is 0 Å². The average molecular weight is 364 g/mol. The molecule has 0 unspecified atom stereocenters. The Morgan fingerprint density at radius 1 is 1.16 bits per heavy atom. The van der Waals surface area contributed by atoms with Gasteiger partial charge < -0.3 is 10.4 Å². The number of hydrogen-bond donors (Lipinski definition) is 2. The van der Waals surface area contributed by atoms with E-state index in [1.54, 1.807) is 23.7 Å². The topological polar surface area (TPSA) is 94.1 Å². The molecule has 3 rings (SSSR count). The number of rotatable bonds is 5. The molecule has 0 fully saturated rings. The van der Waals surface area contributed by atoms with E-state index in [2.05, 4.69) is 10.3 Å². The van der Waals surface area contributed by atoms with Crippen molar-refractivity contribution >= 4 is 28.7 Å². The number of aromatic nitrogens is 4. The summed E-state index contributed by atoms with van der Waals surface area (Å²) in [5, 5.41) is 12.7. The van der Waals surface area contributed by atoms with Crippen molar-refractivity contribution in [2.45, 2.75) is 6.54 Å². The monoisotopic (exact) mass is 363 g/mol. The van der Waals surface area contributed by atoms with Crippen molar-refractivity contribution in [3.63, 3.8) is 0 Å². The minimum atomic E-state index is -0.442. The smallest absolute Gasteiger partial charge is 0.332 e. The molecule has 0 bridgehead atoms. The third-order valence-corrected chi connectivity index (χ3v) is 4.25. The highest BCUT2D eigenvalue weighted by atomic mass is 35.5. The van der Waals surface area contributed by atoms with Crippen LogP contribution in [0.4, 0.5) is 5.95 Å². The van der Waals surface area contributed by atoms with Gasteiger partial charge in [-0.15, -0.1) is 0 Å².